The van der Waals surface area contributed by atoms with Gasteiger partial charge in [0, 0.05) is 37.1 Å². The molecule has 164 valence electrons. The maximum absolute atomic E-state index is 5.49. The molecule has 0 unspecified atom stereocenters. The summed E-state index contributed by atoms with van der Waals surface area (Å²) >= 11 is 0. The number of benzene rings is 2. The van der Waals surface area contributed by atoms with Gasteiger partial charge in [-0.15, -0.1) is 0 Å². The highest BCUT2D eigenvalue weighted by Crippen LogP contribution is 2.33. The van der Waals surface area contributed by atoms with Gasteiger partial charge in [0.05, 0.1) is 19.9 Å². The highest BCUT2D eigenvalue weighted by atomic mass is 16.5. The molecule has 1 saturated heterocycles. The number of anilines is 1. The number of nitrogens with zero attached hydrogens (tertiary/aromatic N) is 4. The molecule has 2 aromatic carbocycles. The van der Waals surface area contributed by atoms with Gasteiger partial charge >= 0.3 is 0 Å². The second kappa shape index (κ2) is 8.91. The molecule has 5 rings (SSSR count). The van der Waals surface area contributed by atoms with Gasteiger partial charge in [0.25, 0.3) is 0 Å². The molecule has 1 aliphatic heterocycles. The van der Waals surface area contributed by atoms with Gasteiger partial charge in [0.1, 0.15) is 5.65 Å². The maximum Gasteiger partial charge on any atom is 0.211 e. The number of hydrogen-bond acceptors (Lipinski definition) is 5. The van der Waals surface area contributed by atoms with E-state index in [4.69, 9.17) is 14.5 Å². The van der Waals surface area contributed by atoms with Crippen molar-refractivity contribution in [2.45, 2.75) is 19.3 Å². The molecular weight excluding hydrogens is 400 g/mol. The fraction of sp³-hybridized carbons (Fsp3) is 0.308. The average molecular weight is 429 g/mol. The Morgan fingerprint density at radius 2 is 1.72 bits per heavy atom. The van der Waals surface area contributed by atoms with Crippen LogP contribution in [0, 0.1) is 5.92 Å². The molecular formula is C26H28N4O2. The lowest BCUT2D eigenvalue weighted by Gasteiger charge is -2.33. The van der Waals surface area contributed by atoms with Crippen LogP contribution in [0.3, 0.4) is 0 Å². The Labute approximate surface area is 188 Å². The highest BCUT2D eigenvalue weighted by molar-refractivity contribution is 5.69. The molecule has 2 aromatic heterocycles. The molecule has 0 saturated carbocycles. The molecule has 6 heteroatoms. The molecule has 0 amide bonds. The van der Waals surface area contributed by atoms with Crippen LogP contribution < -0.4 is 14.4 Å². The van der Waals surface area contributed by atoms with Gasteiger partial charge in [-0.3, -0.25) is 4.40 Å². The first-order valence-corrected chi connectivity index (χ1v) is 11.1. The second-order valence-corrected chi connectivity index (χ2v) is 8.29. The Hall–Kier alpha value is -3.54. The van der Waals surface area contributed by atoms with Crippen molar-refractivity contribution in [3.63, 3.8) is 0 Å². The molecule has 1 fully saturated rings. The van der Waals surface area contributed by atoms with Gasteiger partial charge in [0.15, 0.2) is 11.5 Å². The van der Waals surface area contributed by atoms with Crippen LogP contribution in [-0.4, -0.2) is 41.7 Å². The van der Waals surface area contributed by atoms with E-state index in [2.05, 4.69) is 44.6 Å². The number of methoxy groups -OCH3 is 2. The third-order valence-corrected chi connectivity index (χ3v) is 6.31. The Morgan fingerprint density at radius 3 is 2.47 bits per heavy atom. The van der Waals surface area contributed by atoms with E-state index in [1.165, 1.54) is 5.56 Å². The summed E-state index contributed by atoms with van der Waals surface area (Å²) in [6.07, 6.45) is 7.29. The molecule has 32 heavy (non-hydrogen) atoms. The van der Waals surface area contributed by atoms with Crippen LogP contribution in [-0.2, 0) is 6.42 Å². The first kappa shape index (κ1) is 20.4. The van der Waals surface area contributed by atoms with Gasteiger partial charge in [-0.25, -0.2) is 9.97 Å². The first-order chi connectivity index (χ1) is 15.7. The summed E-state index contributed by atoms with van der Waals surface area (Å²) in [5.74, 6) is 3.06. The van der Waals surface area contributed by atoms with E-state index in [0.717, 1.165) is 55.2 Å². The van der Waals surface area contributed by atoms with Crippen molar-refractivity contribution in [1.82, 2.24) is 14.4 Å². The quantitative estimate of drug-likeness (QED) is 0.438. The summed E-state index contributed by atoms with van der Waals surface area (Å²) < 4.78 is 13.0. The molecule has 4 aromatic rings. The molecule has 0 aliphatic carbocycles. The Morgan fingerprint density at radius 1 is 0.938 bits per heavy atom. The normalized spacial score (nSPS) is 14.6. The molecule has 6 nitrogen and oxygen atoms in total. The second-order valence-electron chi connectivity index (χ2n) is 8.29. The van der Waals surface area contributed by atoms with Crippen molar-refractivity contribution < 1.29 is 9.47 Å². The number of rotatable bonds is 6. The average Bonchev–Trinajstić information content (AvgIpc) is 3.33. The van der Waals surface area contributed by atoms with E-state index in [0.29, 0.717) is 17.4 Å². The highest BCUT2D eigenvalue weighted by Gasteiger charge is 2.23. The van der Waals surface area contributed by atoms with Crippen LogP contribution in [0.4, 0.5) is 5.95 Å². The zero-order chi connectivity index (χ0) is 21.9. The minimum absolute atomic E-state index is 0.693. The number of imidazole rings is 1. The fourth-order valence-corrected chi connectivity index (χ4v) is 4.56. The zero-order valence-electron chi connectivity index (χ0n) is 18.6. The number of fused-ring (bicyclic) bond motifs is 1. The summed E-state index contributed by atoms with van der Waals surface area (Å²) in [7, 11) is 3.30. The van der Waals surface area contributed by atoms with E-state index in [1.807, 2.05) is 36.7 Å². The fourth-order valence-electron chi connectivity index (χ4n) is 4.56. The van der Waals surface area contributed by atoms with Gasteiger partial charge in [-0.1, -0.05) is 30.3 Å². The summed E-state index contributed by atoms with van der Waals surface area (Å²) in [6, 6.07) is 18.7. The lowest BCUT2D eigenvalue weighted by atomic mass is 9.90. The van der Waals surface area contributed by atoms with Crippen molar-refractivity contribution in [3.05, 3.63) is 72.6 Å². The largest absolute Gasteiger partial charge is 0.493 e. The topological polar surface area (TPSA) is 51.9 Å². The van der Waals surface area contributed by atoms with E-state index in [-0.39, 0.29) is 0 Å². The van der Waals surface area contributed by atoms with Crippen LogP contribution >= 0.6 is 0 Å². The smallest absolute Gasteiger partial charge is 0.211 e. The monoisotopic (exact) mass is 428 g/mol. The van der Waals surface area contributed by atoms with Gasteiger partial charge in [0.2, 0.25) is 5.95 Å². The van der Waals surface area contributed by atoms with Crippen LogP contribution in [0.2, 0.25) is 0 Å². The molecule has 0 N–H and O–H groups in total. The van der Waals surface area contributed by atoms with Gasteiger partial charge in [-0.05, 0) is 48.9 Å². The van der Waals surface area contributed by atoms with Crippen molar-refractivity contribution in [2.24, 2.45) is 5.92 Å². The van der Waals surface area contributed by atoms with Crippen LogP contribution in [0.1, 0.15) is 18.4 Å². The summed E-state index contributed by atoms with van der Waals surface area (Å²) in [5.41, 5.74) is 4.18. The van der Waals surface area contributed by atoms with Crippen molar-refractivity contribution in [3.8, 4) is 22.8 Å². The maximum atomic E-state index is 5.49. The molecule has 1 aliphatic rings. The van der Waals surface area contributed by atoms with Crippen molar-refractivity contribution in [2.75, 3.05) is 32.2 Å². The summed E-state index contributed by atoms with van der Waals surface area (Å²) in [6.45, 7) is 1.99. The lowest BCUT2D eigenvalue weighted by Crippen LogP contribution is -2.36. The Balaban J connectivity index is 1.41. The SMILES string of the molecule is COc1ccc(-c2cc3nccn3c(N3CCC(Cc4ccccc4)CC3)n2)cc1OC. The number of hydrogen-bond donors (Lipinski definition) is 0. The summed E-state index contributed by atoms with van der Waals surface area (Å²) in [5, 5.41) is 0. The zero-order valence-corrected chi connectivity index (χ0v) is 18.6. The van der Waals surface area contributed by atoms with Crippen LogP contribution in [0.15, 0.2) is 67.0 Å². The minimum atomic E-state index is 0.693. The Kier molecular flexibility index (Phi) is 5.67. The standard InChI is InChI=1S/C26H28N4O2/c1-31-23-9-8-21(17-24(23)32-2)22-18-25-27-12-15-30(25)26(28-22)29-13-10-20(11-14-29)16-19-6-4-3-5-7-19/h3-9,12,15,17-18,20H,10-11,13-14,16H2,1-2H3. The number of ether oxygens (including phenoxy) is 2. The third kappa shape index (κ3) is 4.00. The molecule has 3 heterocycles. The van der Waals surface area contributed by atoms with E-state index in [9.17, 15) is 0 Å². The number of aromatic nitrogens is 3. The van der Waals surface area contributed by atoms with Gasteiger partial charge in [-0.2, -0.15) is 0 Å². The van der Waals surface area contributed by atoms with E-state index < -0.39 is 0 Å². The van der Waals surface area contributed by atoms with Crippen molar-refractivity contribution in [1.29, 1.82) is 0 Å². The number of piperidine rings is 1. The first-order valence-electron chi connectivity index (χ1n) is 11.1. The van der Waals surface area contributed by atoms with Gasteiger partial charge < -0.3 is 14.4 Å². The van der Waals surface area contributed by atoms with Crippen LogP contribution in [0.25, 0.3) is 16.9 Å². The predicted octanol–water partition coefficient (Wildman–Crippen LogP) is 4.87. The molecule has 0 radical (unpaired) electrons. The molecule has 0 spiro atoms. The predicted molar refractivity (Wildman–Crippen MR) is 127 cm³/mol. The summed E-state index contributed by atoms with van der Waals surface area (Å²) in [4.78, 5) is 12.0. The van der Waals surface area contributed by atoms with E-state index in [1.54, 1.807) is 14.2 Å². The molecule has 0 atom stereocenters. The minimum Gasteiger partial charge on any atom is -0.493 e. The lowest BCUT2D eigenvalue weighted by molar-refractivity contribution is 0.355. The van der Waals surface area contributed by atoms with E-state index >= 15 is 0 Å². The van der Waals surface area contributed by atoms with Crippen molar-refractivity contribution >= 4 is 11.6 Å². The Bertz CT molecular complexity index is 1200. The van der Waals surface area contributed by atoms with Crippen LogP contribution in [0.5, 0.6) is 11.5 Å². The molecule has 0 bridgehead atoms. The third-order valence-electron chi connectivity index (χ3n) is 6.31.